The van der Waals surface area contributed by atoms with E-state index in [0.717, 1.165) is 42.4 Å². The predicted molar refractivity (Wildman–Crippen MR) is 145 cm³/mol. The van der Waals surface area contributed by atoms with Crippen molar-refractivity contribution in [2.45, 2.75) is 64.5 Å². The highest BCUT2D eigenvalue weighted by molar-refractivity contribution is 6.03. The van der Waals surface area contributed by atoms with Gasteiger partial charge in [0.1, 0.15) is 11.9 Å². The third kappa shape index (κ3) is 7.03. The first kappa shape index (κ1) is 26.1. The van der Waals surface area contributed by atoms with Crippen LogP contribution in [0.2, 0.25) is 0 Å². The van der Waals surface area contributed by atoms with E-state index < -0.39 is 6.04 Å². The van der Waals surface area contributed by atoms with Crippen LogP contribution in [0.5, 0.6) is 0 Å². The number of aryl methyl sites for hydroxylation is 2. The first-order valence-electron chi connectivity index (χ1n) is 12.9. The smallest absolute Gasteiger partial charge is 0.248 e. The Kier molecular flexibility index (Phi) is 8.67. The fourth-order valence-electron chi connectivity index (χ4n) is 4.71. The van der Waals surface area contributed by atoms with Gasteiger partial charge in [-0.25, -0.2) is 4.98 Å². The fourth-order valence-corrected chi connectivity index (χ4v) is 4.71. The molecule has 1 atom stereocenters. The van der Waals surface area contributed by atoms with E-state index in [1.54, 1.807) is 29.3 Å². The van der Waals surface area contributed by atoms with E-state index in [9.17, 15) is 14.4 Å². The predicted octanol–water partition coefficient (Wildman–Crippen LogP) is 5.25. The maximum Gasteiger partial charge on any atom is 0.248 e. The number of rotatable bonds is 9. The van der Waals surface area contributed by atoms with Gasteiger partial charge in [0.05, 0.1) is 0 Å². The van der Waals surface area contributed by atoms with Gasteiger partial charge in [0.15, 0.2) is 0 Å². The lowest BCUT2D eigenvalue weighted by Crippen LogP contribution is -2.46. The lowest BCUT2D eigenvalue weighted by molar-refractivity contribution is -0.127. The normalized spacial score (nSPS) is 14.1. The first-order chi connectivity index (χ1) is 17.9. The summed E-state index contributed by atoms with van der Waals surface area (Å²) >= 11 is 0. The Morgan fingerprint density at radius 3 is 2.35 bits per heavy atom. The molecule has 1 saturated carbocycles. The van der Waals surface area contributed by atoms with Crippen molar-refractivity contribution < 1.29 is 14.4 Å². The van der Waals surface area contributed by atoms with Crippen molar-refractivity contribution in [2.24, 2.45) is 0 Å². The monoisotopic (exact) mass is 498 g/mol. The van der Waals surface area contributed by atoms with Gasteiger partial charge in [0.25, 0.3) is 0 Å². The van der Waals surface area contributed by atoms with Crippen LogP contribution in [0.15, 0.2) is 72.9 Å². The van der Waals surface area contributed by atoms with Crippen LogP contribution in [0.4, 0.5) is 11.5 Å². The second-order valence-corrected chi connectivity index (χ2v) is 9.67. The van der Waals surface area contributed by atoms with Gasteiger partial charge in [-0.3, -0.25) is 19.3 Å². The Hall–Kier alpha value is -4.00. The number of nitrogens with one attached hydrogen (secondary N) is 2. The lowest BCUT2D eigenvalue weighted by atomic mass is 10.00. The Labute approximate surface area is 218 Å². The summed E-state index contributed by atoms with van der Waals surface area (Å²) in [7, 11) is 0. The van der Waals surface area contributed by atoms with Crippen LogP contribution in [0.25, 0.3) is 0 Å². The average Bonchev–Trinajstić information content (AvgIpc) is 3.40. The summed E-state index contributed by atoms with van der Waals surface area (Å²) in [5.74, 6) is -0.375. The molecule has 1 heterocycles. The van der Waals surface area contributed by atoms with Gasteiger partial charge in [-0.1, -0.05) is 60.9 Å². The number of aromatic nitrogens is 1. The zero-order valence-electron chi connectivity index (χ0n) is 21.4. The van der Waals surface area contributed by atoms with Gasteiger partial charge in [-0.15, -0.1) is 0 Å². The standard InChI is InChI=1S/C30H34N4O3/c1-21-13-15-23(16-14-21)29(30(37)32-24-9-3-4-10-24)34(25-11-7-8-22(2)20-25)28(36)18-17-27(35)33-26-12-5-6-19-31-26/h5-8,11-16,19-20,24,29H,3-4,9-10,17-18H2,1-2H3,(H,32,37)(H,31,33,35). The largest absolute Gasteiger partial charge is 0.351 e. The van der Waals surface area contributed by atoms with Crippen molar-refractivity contribution in [1.82, 2.24) is 10.3 Å². The van der Waals surface area contributed by atoms with E-state index in [0.29, 0.717) is 11.5 Å². The summed E-state index contributed by atoms with van der Waals surface area (Å²) in [6.07, 6.45) is 5.58. The highest BCUT2D eigenvalue weighted by Crippen LogP contribution is 2.31. The summed E-state index contributed by atoms with van der Waals surface area (Å²) < 4.78 is 0. The second kappa shape index (κ2) is 12.3. The zero-order chi connectivity index (χ0) is 26.2. The molecular weight excluding hydrogens is 464 g/mol. The molecule has 0 spiro atoms. The fraction of sp³-hybridized carbons (Fsp3) is 0.333. The van der Waals surface area contributed by atoms with Crippen LogP contribution in [-0.4, -0.2) is 28.7 Å². The molecule has 0 radical (unpaired) electrons. The van der Waals surface area contributed by atoms with Crippen LogP contribution in [-0.2, 0) is 14.4 Å². The number of carbonyl (C=O) groups excluding carboxylic acids is 3. The van der Waals surface area contributed by atoms with Crippen molar-refractivity contribution in [3.63, 3.8) is 0 Å². The van der Waals surface area contributed by atoms with Gasteiger partial charge in [0.2, 0.25) is 17.7 Å². The minimum absolute atomic E-state index is 0.0252. The van der Waals surface area contributed by atoms with E-state index in [1.807, 2.05) is 62.4 Å². The quantitative estimate of drug-likeness (QED) is 0.422. The Balaban J connectivity index is 1.62. The lowest BCUT2D eigenvalue weighted by Gasteiger charge is -2.32. The van der Waals surface area contributed by atoms with Gasteiger partial charge >= 0.3 is 0 Å². The maximum absolute atomic E-state index is 13.8. The highest BCUT2D eigenvalue weighted by Gasteiger charge is 2.34. The third-order valence-electron chi connectivity index (χ3n) is 6.65. The SMILES string of the molecule is Cc1ccc(C(C(=O)NC2CCCC2)N(C(=O)CCC(=O)Nc2ccccn2)c2cccc(C)c2)cc1. The van der Waals surface area contributed by atoms with E-state index in [-0.39, 0.29) is 36.6 Å². The first-order valence-corrected chi connectivity index (χ1v) is 12.9. The Morgan fingerprint density at radius 1 is 0.919 bits per heavy atom. The molecule has 37 heavy (non-hydrogen) atoms. The van der Waals surface area contributed by atoms with E-state index in [1.165, 1.54) is 0 Å². The maximum atomic E-state index is 13.8. The van der Waals surface area contributed by atoms with E-state index >= 15 is 0 Å². The number of carbonyl (C=O) groups is 3. The number of pyridine rings is 1. The molecule has 1 fully saturated rings. The summed E-state index contributed by atoms with van der Waals surface area (Å²) in [5, 5.41) is 5.91. The van der Waals surface area contributed by atoms with Gasteiger partial charge in [-0.05, 0) is 62.1 Å². The molecule has 1 aliphatic carbocycles. The summed E-state index contributed by atoms with van der Waals surface area (Å²) in [6, 6.07) is 19.8. The van der Waals surface area contributed by atoms with Gasteiger partial charge in [0, 0.05) is 30.8 Å². The van der Waals surface area contributed by atoms with E-state index in [4.69, 9.17) is 0 Å². The minimum atomic E-state index is -0.852. The Morgan fingerprint density at radius 2 is 1.68 bits per heavy atom. The molecule has 4 rings (SSSR count). The average molecular weight is 499 g/mol. The van der Waals surface area contributed by atoms with E-state index in [2.05, 4.69) is 15.6 Å². The van der Waals surface area contributed by atoms with Crippen LogP contribution in [0.3, 0.4) is 0 Å². The molecule has 1 aliphatic rings. The van der Waals surface area contributed by atoms with Gasteiger partial charge in [-0.2, -0.15) is 0 Å². The summed E-state index contributed by atoms with van der Waals surface area (Å²) in [5.41, 5.74) is 3.40. The molecule has 1 aromatic heterocycles. The van der Waals surface area contributed by atoms with Crippen molar-refractivity contribution >= 4 is 29.2 Å². The van der Waals surface area contributed by atoms with Crippen molar-refractivity contribution in [1.29, 1.82) is 0 Å². The van der Waals surface area contributed by atoms with Crippen LogP contribution >= 0.6 is 0 Å². The minimum Gasteiger partial charge on any atom is -0.351 e. The summed E-state index contributed by atoms with van der Waals surface area (Å²) in [6.45, 7) is 3.94. The molecule has 2 N–H and O–H groups in total. The van der Waals surface area contributed by atoms with Crippen LogP contribution < -0.4 is 15.5 Å². The molecule has 0 aliphatic heterocycles. The number of hydrogen-bond donors (Lipinski definition) is 2. The van der Waals surface area contributed by atoms with Gasteiger partial charge < -0.3 is 10.6 Å². The molecule has 1 unspecified atom stereocenters. The molecule has 7 heteroatoms. The number of nitrogens with zero attached hydrogens (tertiary/aromatic N) is 2. The zero-order valence-corrected chi connectivity index (χ0v) is 21.4. The van der Waals surface area contributed by atoms with Crippen molar-refractivity contribution in [2.75, 3.05) is 10.2 Å². The van der Waals surface area contributed by atoms with Crippen molar-refractivity contribution in [3.05, 3.63) is 89.6 Å². The topological polar surface area (TPSA) is 91.4 Å². The number of anilines is 2. The molecule has 192 valence electrons. The van der Waals surface area contributed by atoms with Crippen LogP contribution in [0.1, 0.15) is 61.3 Å². The number of benzene rings is 2. The number of hydrogen-bond acceptors (Lipinski definition) is 4. The molecule has 3 amide bonds. The molecule has 3 aromatic rings. The molecule has 2 aromatic carbocycles. The second-order valence-electron chi connectivity index (χ2n) is 9.67. The van der Waals surface area contributed by atoms with Crippen molar-refractivity contribution in [3.8, 4) is 0 Å². The molecule has 7 nitrogen and oxygen atoms in total. The molecular formula is C30H34N4O3. The number of amides is 3. The summed E-state index contributed by atoms with van der Waals surface area (Å²) in [4.78, 5) is 45.8. The van der Waals surface area contributed by atoms with Crippen LogP contribution in [0, 0.1) is 13.8 Å². The molecule has 0 saturated heterocycles. The Bertz CT molecular complexity index is 1220. The molecule has 0 bridgehead atoms. The highest BCUT2D eigenvalue weighted by atomic mass is 16.2. The third-order valence-corrected chi connectivity index (χ3v) is 6.65.